The van der Waals surface area contributed by atoms with Crippen molar-refractivity contribution in [2.45, 2.75) is 45.9 Å². The maximum Gasteiger partial charge on any atom is 0.156 e. The molecule has 0 radical (unpaired) electrons. The van der Waals surface area contributed by atoms with Gasteiger partial charge in [0, 0.05) is 5.56 Å². The fourth-order valence-corrected chi connectivity index (χ4v) is 4.61. The highest BCUT2D eigenvalue weighted by Gasteiger charge is 2.19. The number of hydrogen-bond donors (Lipinski definition) is 2. The van der Waals surface area contributed by atoms with Gasteiger partial charge in [0.25, 0.3) is 0 Å². The molecule has 2 aromatic rings. The summed E-state index contributed by atoms with van der Waals surface area (Å²) in [4.78, 5) is 0. The lowest BCUT2D eigenvalue weighted by atomic mass is 10.1. The smallest absolute Gasteiger partial charge is 0.156 e. The highest BCUT2D eigenvalue weighted by molar-refractivity contribution is 7.57. The van der Waals surface area contributed by atoms with Crippen molar-refractivity contribution >= 4 is 19.6 Å². The Morgan fingerprint density at radius 1 is 0.875 bits per heavy atom. The van der Waals surface area contributed by atoms with E-state index in [4.69, 9.17) is 0 Å². The molecule has 0 aliphatic carbocycles. The molecule has 0 spiro atoms. The summed E-state index contributed by atoms with van der Waals surface area (Å²) >= 11 is 0. The number of rotatable bonds is 6. The molecule has 2 aromatic carbocycles. The fraction of sp³-hybridized carbons (Fsp3) is 0.350. The summed E-state index contributed by atoms with van der Waals surface area (Å²) in [5.41, 5.74) is 7.71. The fourth-order valence-electron chi connectivity index (χ4n) is 2.48. The third kappa shape index (κ3) is 5.35. The van der Waals surface area contributed by atoms with Crippen LogP contribution in [0.2, 0.25) is 0 Å². The van der Waals surface area contributed by atoms with E-state index in [1.54, 1.807) is 0 Å². The minimum atomic E-state index is -0.351. The number of para-hydroxylation sites is 1. The van der Waals surface area contributed by atoms with E-state index in [2.05, 4.69) is 74.5 Å². The van der Waals surface area contributed by atoms with Crippen molar-refractivity contribution < 1.29 is 0 Å². The van der Waals surface area contributed by atoms with Gasteiger partial charge in [0.15, 0.2) is 5.84 Å². The molecule has 0 fully saturated rings. The summed E-state index contributed by atoms with van der Waals surface area (Å²) in [6.07, 6.45) is 0. The van der Waals surface area contributed by atoms with Crippen molar-refractivity contribution in [1.82, 2.24) is 5.09 Å². The van der Waals surface area contributed by atoms with Gasteiger partial charge in [-0.3, -0.25) is 5.43 Å². The van der Waals surface area contributed by atoms with Crippen molar-refractivity contribution in [1.29, 1.82) is 0 Å². The lowest BCUT2D eigenvalue weighted by molar-refractivity contribution is 0.989. The Labute approximate surface area is 147 Å². The van der Waals surface area contributed by atoms with Crippen LogP contribution in [0.15, 0.2) is 59.7 Å². The molecule has 24 heavy (non-hydrogen) atoms. The largest absolute Gasteiger partial charge is 0.347 e. The average molecular weight is 341 g/mol. The van der Waals surface area contributed by atoms with Crippen LogP contribution in [0.25, 0.3) is 0 Å². The number of benzene rings is 2. The Kier molecular flexibility index (Phi) is 6.81. The Hall–Kier alpha value is -1.86. The van der Waals surface area contributed by atoms with Gasteiger partial charge in [-0.1, -0.05) is 75.7 Å². The molecule has 0 bridgehead atoms. The van der Waals surface area contributed by atoms with E-state index in [0.29, 0.717) is 11.3 Å². The van der Waals surface area contributed by atoms with Gasteiger partial charge >= 0.3 is 0 Å². The number of nitrogens with one attached hydrogen (secondary N) is 2. The Balaban J connectivity index is 2.28. The van der Waals surface area contributed by atoms with Gasteiger partial charge in [0.05, 0.1) is 5.69 Å². The molecule has 0 aliphatic heterocycles. The van der Waals surface area contributed by atoms with Gasteiger partial charge in [-0.05, 0) is 38.4 Å². The number of nitrogens with zero attached hydrogens (tertiary/aromatic N) is 1. The average Bonchev–Trinajstić information content (AvgIpc) is 2.56. The molecule has 0 saturated heterocycles. The van der Waals surface area contributed by atoms with Gasteiger partial charge in [-0.25, -0.2) is 0 Å². The van der Waals surface area contributed by atoms with Crippen LogP contribution in [0, 0.1) is 6.92 Å². The number of amidine groups is 1. The molecule has 0 amide bonds. The maximum atomic E-state index is 4.67. The molecular weight excluding hydrogens is 313 g/mol. The zero-order valence-electron chi connectivity index (χ0n) is 15.2. The van der Waals surface area contributed by atoms with E-state index in [1.807, 2.05) is 30.3 Å². The molecule has 0 saturated carbocycles. The molecule has 4 heteroatoms. The lowest BCUT2D eigenvalue weighted by Crippen LogP contribution is -2.27. The van der Waals surface area contributed by atoms with Crippen molar-refractivity contribution in [3.05, 3.63) is 65.7 Å². The Morgan fingerprint density at radius 3 is 2.00 bits per heavy atom. The first kappa shape index (κ1) is 18.5. The normalized spacial score (nSPS) is 12.1. The first-order valence-electron chi connectivity index (χ1n) is 8.48. The van der Waals surface area contributed by atoms with Crippen LogP contribution in [-0.2, 0) is 0 Å². The first-order valence-corrected chi connectivity index (χ1v) is 9.96. The summed E-state index contributed by atoms with van der Waals surface area (Å²) in [5, 5.41) is 8.38. The number of hydrazone groups is 1. The van der Waals surface area contributed by atoms with E-state index in [0.717, 1.165) is 17.1 Å². The van der Waals surface area contributed by atoms with Crippen LogP contribution in [0.4, 0.5) is 5.69 Å². The van der Waals surface area contributed by atoms with Crippen LogP contribution in [0.1, 0.15) is 38.8 Å². The number of hydrogen-bond acceptors (Lipinski definition) is 2. The Morgan fingerprint density at radius 2 is 1.46 bits per heavy atom. The Bertz CT molecular complexity index is 640. The molecule has 0 heterocycles. The van der Waals surface area contributed by atoms with Crippen LogP contribution in [-0.4, -0.2) is 17.2 Å². The molecule has 3 nitrogen and oxygen atoms in total. The monoisotopic (exact) mass is 341 g/mol. The predicted molar refractivity (Wildman–Crippen MR) is 108 cm³/mol. The highest BCUT2D eigenvalue weighted by atomic mass is 31.1. The van der Waals surface area contributed by atoms with Crippen LogP contribution >= 0.6 is 8.07 Å². The molecule has 0 aliphatic rings. The van der Waals surface area contributed by atoms with E-state index < -0.39 is 0 Å². The van der Waals surface area contributed by atoms with E-state index in [-0.39, 0.29) is 8.07 Å². The summed E-state index contributed by atoms with van der Waals surface area (Å²) < 4.78 is 0. The summed E-state index contributed by atoms with van der Waals surface area (Å²) in [6.45, 7) is 11.2. The molecule has 2 N–H and O–H groups in total. The maximum absolute atomic E-state index is 4.67. The quantitative estimate of drug-likeness (QED) is 0.312. The van der Waals surface area contributed by atoms with Crippen molar-refractivity contribution in [2.75, 3.05) is 5.43 Å². The molecule has 2 rings (SSSR count). The van der Waals surface area contributed by atoms with Crippen LogP contribution in [0.5, 0.6) is 0 Å². The minimum Gasteiger partial charge on any atom is -0.347 e. The van der Waals surface area contributed by atoms with Crippen molar-refractivity contribution in [3.8, 4) is 0 Å². The summed E-state index contributed by atoms with van der Waals surface area (Å²) in [5.74, 6) is 0.910. The topological polar surface area (TPSA) is 36.4 Å². The number of aryl methyl sites for hydroxylation is 1. The predicted octanol–water partition coefficient (Wildman–Crippen LogP) is 5.57. The van der Waals surface area contributed by atoms with E-state index in [9.17, 15) is 0 Å². The number of anilines is 1. The second-order valence-electron chi connectivity index (χ2n) is 6.51. The van der Waals surface area contributed by atoms with E-state index in [1.165, 1.54) is 5.56 Å². The zero-order chi connectivity index (χ0) is 17.5. The second kappa shape index (κ2) is 8.84. The van der Waals surface area contributed by atoms with Gasteiger partial charge in [0.2, 0.25) is 0 Å². The van der Waals surface area contributed by atoms with Gasteiger partial charge < -0.3 is 5.09 Å². The molecule has 128 valence electrons. The molecule has 0 atom stereocenters. The van der Waals surface area contributed by atoms with Crippen LogP contribution < -0.4 is 10.5 Å². The summed E-state index contributed by atoms with van der Waals surface area (Å²) in [6, 6.07) is 18.6. The zero-order valence-corrected chi connectivity index (χ0v) is 16.1. The lowest BCUT2D eigenvalue weighted by Gasteiger charge is -2.28. The molecule has 0 aromatic heterocycles. The van der Waals surface area contributed by atoms with Crippen molar-refractivity contribution in [3.63, 3.8) is 0 Å². The van der Waals surface area contributed by atoms with Gasteiger partial charge in [-0.2, -0.15) is 5.10 Å². The van der Waals surface area contributed by atoms with Gasteiger partial charge in [0.1, 0.15) is 0 Å². The molecular formula is C20H28N3P. The summed E-state index contributed by atoms with van der Waals surface area (Å²) in [7, 11) is -0.351. The van der Waals surface area contributed by atoms with E-state index >= 15 is 0 Å². The van der Waals surface area contributed by atoms with Crippen LogP contribution in [0.3, 0.4) is 0 Å². The second-order valence-corrected chi connectivity index (χ2v) is 9.61. The van der Waals surface area contributed by atoms with Crippen molar-refractivity contribution in [2.24, 2.45) is 5.10 Å². The SMILES string of the molecule is Cc1ccc(C(=NNc2ccccc2)NP(C(C)C)C(C)C)cc1. The van der Waals surface area contributed by atoms with Gasteiger partial charge in [-0.15, -0.1) is 0 Å². The standard InChI is InChI=1S/C20H28N3P/c1-15(2)24(16(3)4)23-20(18-13-11-17(5)12-14-18)22-21-19-9-7-6-8-10-19/h6-16,21H,1-5H3,(H,22,23). The minimum absolute atomic E-state index is 0.351. The third-order valence-electron chi connectivity index (χ3n) is 3.74. The third-order valence-corrected chi connectivity index (χ3v) is 6.44. The first-order chi connectivity index (χ1) is 11.5. The molecule has 0 unspecified atom stereocenters. The highest BCUT2D eigenvalue weighted by Crippen LogP contribution is 2.42.